The number of rotatable bonds is 6. The van der Waals surface area contributed by atoms with E-state index in [-0.39, 0.29) is 17.3 Å². The molecule has 2 aliphatic heterocycles. The second-order valence-electron chi connectivity index (χ2n) is 11.5. The Kier molecular flexibility index (Phi) is 8.42. The van der Waals surface area contributed by atoms with Gasteiger partial charge >= 0.3 is 0 Å². The summed E-state index contributed by atoms with van der Waals surface area (Å²) in [4.78, 5) is 48.1. The fraction of sp³-hybridized carbons (Fsp3) is 0.286. The maximum absolute atomic E-state index is 14.8. The lowest BCUT2D eigenvalue weighted by atomic mass is 9.76. The molecule has 0 aliphatic carbocycles. The van der Waals surface area contributed by atoms with Crippen molar-refractivity contribution >= 4 is 28.9 Å². The van der Waals surface area contributed by atoms with Crippen LogP contribution in [-0.2, 0) is 4.79 Å². The minimum absolute atomic E-state index is 0.0869. The molecule has 6 rings (SSSR count). The van der Waals surface area contributed by atoms with Crippen LogP contribution in [0.3, 0.4) is 0 Å². The normalized spacial score (nSPS) is 21.8. The average Bonchev–Trinajstić information content (AvgIpc) is 3.61. The molecule has 2 aliphatic rings. The highest BCUT2D eigenvalue weighted by atomic mass is 32.1. The number of Topliss-reactive ketones (excluding diaryl/α,β-unsaturated/α-hetero) is 1. The molecule has 2 fully saturated rings. The van der Waals surface area contributed by atoms with Crippen molar-refractivity contribution in [3.8, 4) is 0 Å². The molecular weight excluding hydrogens is 580 g/mol. The summed E-state index contributed by atoms with van der Waals surface area (Å²) in [7, 11) is 0. The Morgan fingerprint density at radius 1 is 0.841 bits per heavy atom. The lowest BCUT2D eigenvalue weighted by molar-refractivity contribution is -0.136. The van der Waals surface area contributed by atoms with Crippen LogP contribution in [0.1, 0.15) is 54.2 Å². The fourth-order valence-corrected chi connectivity index (χ4v) is 7.70. The molecule has 0 spiro atoms. The monoisotopic (exact) mass is 613 g/mol. The molecule has 3 aromatic carbocycles. The van der Waals surface area contributed by atoms with E-state index in [1.54, 1.807) is 23.1 Å². The second-order valence-corrected chi connectivity index (χ2v) is 12.4. The molecule has 0 bridgehead atoms. The molecule has 4 unspecified atom stereocenters. The van der Waals surface area contributed by atoms with Gasteiger partial charge in [0, 0.05) is 48.1 Å². The molecule has 226 valence electrons. The molecule has 6 nitrogen and oxygen atoms in total. The Hall–Kier alpha value is -4.21. The van der Waals surface area contributed by atoms with Crippen molar-refractivity contribution in [2.24, 2.45) is 5.92 Å². The number of amides is 2. The average molecular weight is 614 g/mol. The Labute approximate surface area is 259 Å². The number of halogens is 2. The van der Waals surface area contributed by atoms with Crippen molar-refractivity contribution < 1.29 is 23.2 Å². The number of ketones is 1. The summed E-state index contributed by atoms with van der Waals surface area (Å²) >= 11 is 1.42. The first kappa shape index (κ1) is 29.8. The van der Waals surface area contributed by atoms with Crippen LogP contribution >= 0.6 is 11.3 Å². The zero-order chi connectivity index (χ0) is 31.0. The van der Waals surface area contributed by atoms with E-state index in [1.165, 1.54) is 46.6 Å². The van der Waals surface area contributed by atoms with Gasteiger partial charge in [0.15, 0.2) is 5.78 Å². The molecule has 44 heavy (non-hydrogen) atoms. The van der Waals surface area contributed by atoms with Gasteiger partial charge in [0.1, 0.15) is 17.7 Å². The van der Waals surface area contributed by atoms with Gasteiger partial charge in [0.2, 0.25) is 5.91 Å². The topological polar surface area (TPSA) is 69.7 Å². The van der Waals surface area contributed by atoms with Gasteiger partial charge in [-0.15, -0.1) is 11.3 Å². The van der Waals surface area contributed by atoms with E-state index in [4.69, 9.17) is 0 Å². The number of likely N-dealkylation sites (tertiary alicyclic amines) is 1. The third-order valence-corrected chi connectivity index (χ3v) is 9.77. The zero-order valence-electron chi connectivity index (χ0n) is 24.5. The summed E-state index contributed by atoms with van der Waals surface area (Å²) in [6.07, 6.45) is 0. The van der Waals surface area contributed by atoms with Gasteiger partial charge in [-0.1, -0.05) is 42.0 Å². The van der Waals surface area contributed by atoms with Gasteiger partial charge in [-0.25, -0.2) is 8.78 Å². The maximum atomic E-state index is 14.8. The van der Waals surface area contributed by atoms with Gasteiger partial charge < -0.3 is 15.1 Å². The molecule has 2 amide bonds. The summed E-state index contributed by atoms with van der Waals surface area (Å²) in [6.45, 7) is 5.89. The van der Waals surface area contributed by atoms with E-state index in [1.807, 2.05) is 43.5 Å². The summed E-state index contributed by atoms with van der Waals surface area (Å²) < 4.78 is 28.8. The first-order valence-corrected chi connectivity index (χ1v) is 15.6. The Bertz CT molecular complexity index is 1700. The van der Waals surface area contributed by atoms with Gasteiger partial charge in [-0.2, -0.15) is 0 Å². The van der Waals surface area contributed by atoms with Crippen LogP contribution in [0.4, 0.5) is 8.78 Å². The number of carbonyl (C=O) groups excluding carboxylic acids is 3. The van der Waals surface area contributed by atoms with Crippen LogP contribution in [0, 0.1) is 31.4 Å². The number of thiophene rings is 1. The predicted molar refractivity (Wildman–Crippen MR) is 166 cm³/mol. The van der Waals surface area contributed by atoms with Gasteiger partial charge in [-0.3, -0.25) is 14.4 Å². The van der Waals surface area contributed by atoms with Crippen molar-refractivity contribution in [3.63, 3.8) is 0 Å². The van der Waals surface area contributed by atoms with E-state index in [0.717, 1.165) is 22.1 Å². The van der Waals surface area contributed by atoms with E-state index < -0.39 is 41.5 Å². The number of benzene rings is 3. The van der Waals surface area contributed by atoms with E-state index in [9.17, 15) is 23.2 Å². The third kappa shape index (κ3) is 5.57. The molecular formula is C35H33F2N3O3S. The summed E-state index contributed by atoms with van der Waals surface area (Å²) in [6, 6.07) is 18.5. The highest BCUT2D eigenvalue weighted by molar-refractivity contribution is 7.10. The van der Waals surface area contributed by atoms with Crippen LogP contribution in [0.15, 0.2) is 84.2 Å². The molecule has 9 heteroatoms. The standard InChI is InChI=1S/C35H33F2N3O3S/c1-21-5-3-6-24(19-21)32(41)29-28(23-9-11-26(36)12-10-23)31(35(43)39-16-14-38-15-17-39)40(30(29)33-22(2)13-18-44-33)34(42)25-7-4-8-27(37)20-25/h3-13,18-20,28-31,38H,14-17H2,1-2H3. The molecule has 0 radical (unpaired) electrons. The number of hydrogen-bond donors (Lipinski definition) is 1. The van der Waals surface area contributed by atoms with Crippen molar-refractivity contribution in [2.45, 2.75) is 31.8 Å². The SMILES string of the molecule is Cc1cccc(C(=O)C2C(c3ccc(F)cc3)C(C(=O)N3CCNCC3)N(C(=O)c3cccc(F)c3)C2c2sccc2C)c1. The lowest BCUT2D eigenvalue weighted by Crippen LogP contribution is -2.54. The first-order chi connectivity index (χ1) is 21.2. The number of aryl methyl sites for hydroxylation is 2. The number of nitrogens with zero attached hydrogens (tertiary/aromatic N) is 2. The van der Waals surface area contributed by atoms with Crippen molar-refractivity contribution in [1.82, 2.24) is 15.1 Å². The van der Waals surface area contributed by atoms with Gasteiger partial charge in [-0.05, 0) is 72.8 Å². The van der Waals surface area contributed by atoms with Crippen LogP contribution in [0.2, 0.25) is 0 Å². The van der Waals surface area contributed by atoms with Crippen molar-refractivity contribution in [3.05, 3.63) is 129 Å². The molecule has 0 saturated carbocycles. The van der Waals surface area contributed by atoms with Crippen LogP contribution in [-0.4, -0.2) is 59.6 Å². The third-order valence-electron chi connectivity index (χ3n) is 8.68. The van der Waals surface area contributed by atoms with E-state index in [0.29, 0.717) is 37.3 Å². The van der Waals surface area contributed by atoms with Crippen LogP contribution < -0.4 is 5.32 Å². The molecule has 4 atom stereocenters. The van der Waals surface area contributed by atoms with Crippen molar-refractivity contribution in [1.29, 1.82) is 0 Å². The quantitative estimate of drug-likeness (QED) is 0.274. The number of piperazine rings is 1. The first-order valence-electron chi connectivity index (χ1n) is 14.7. The van der Waals surface area contributed by atoms with Gasteiger partial charge in [0.25, 0.3) is 5.91 Å². The Morgan fingerprint density at radius 2 is 1.55 bits per heavy atom. The maximum Gasteiger partial charge on any atom is 0.255 e. The molecule has 4 aromatic rings. The smallest absolute Gasteiger partial charge is 0.255 e. The van der Waals surface area contributed by atoms with Gasteiger partial charge in [0.05, 0.1) is 12.0 Å². The van der Waals surface area contributed by atoms with Crippen LogP contribution in [0.25, 0.3) is 0 Å². The lowest BCUT2D eigenvalue weighted by Gasteiger charge is -2.36. The number of nitrogens with one attached hydrogen (secondary N) is 1. The highest BCUT2D eigenvalue weighted by Crippen LogP contribution is 2.53. The minimum Gasteiger partial charge on any atom is -0.338 e. The fourth-order valence-electron chi connectivity index (χ4n) is 6.63. The molecule has 1 aromatic heterocycles. The van der Waals surface area contributed by atoms with Crippen LogP contribution in [0.5, 0.6) is 0 Å². The summed E-state index contributed by atoms with van der Waals surface area (Å²) in [5, 5.41) is 5.16. The van der Waals surface area contributed by atoms with E-state index in [2.05, 4.69) is 5.32 Å². The van der Waals surface area contributed by atoms with E-state index >= 15 is 0 Å². The second kappa shape index (κ2) is 12.4. The predicted octanol–water partition coefficient (Wildman–Crippen LogP) is 5.92. The number of hydrogen-bond acceptors (Lipinski definition) is 5. The van der Waals surface area contributed by atoms with Crippen molar-refractivity contribution in [2.75, 3.05) is 26.2 Å². The zero-order valence-corrected chi connectivity index (χ0v) is 25.3. The molecule has 1 N–H and O–H groups in total. The highest BCUT2D eigenvalue weighted by Gasteiger charge is 2.58. The Morgan fingerprint density at radius 3 is 2.20 bits per heavy atom. The molecule has 3 heterocycles. The summed E-state index contributed by atoms with van der Waals surface area (Å²) in [5.41, 5.74) is 2.92. The Balaban J connectivity index is 1.62. The number of carbonyl (C=O) groups is 3. The minimum atomic E-state index is -1.10. The molecule has 2 saturated heterocycles. The summed E-state index contributed by atoms with van der Waals surface area (Å²) in [5.74, 6) is -3.74. The largest absolute Gasteiger partial charge is 0.338 e.